The molecule has 1 aromatic heterocycles. The third kappa shape index (κ3) is 1.79. The number of aryl methyl sites for hydroxylation is 1. The van der Waals surface area contributed by atoms with E-state index in [4.69, 9.17) is 0 Å². The molecule has 0 aliphatic carbocycles. The van der Waals surface area contributed by atoms with Crippen LogP contribution in [0.4, 0.5) is 17.6 Å². The Morgan fingerprint density at radius 2 is 1.88 bits per heavy atom. The summed E-state index contributed by atoms with van der Waals surface area (Å²) in [7, 11) is 0. The topological polar surface area (TPSA) is 32.9 Å². The molecule has 0 bridgehead atoms. The van der Waals surface area contributed by atoms with Crippen LogP contribution in [0.1, 0.15) is 17.7 Å². The van der Waals surface area contributed by atoms with Gasteiger partial charge in [-0.25, -0.2) is 17.6 Å². The fraction of sp³-hybridized carbons (Fsp3) is 0.182. The van der Waals surface area contributed by atoms with Gasteiger partial charge in [-0.2, -0.15) is 0 Å². The van der Waals surface area contributed by atoms with Crippen LogP contribution in [0, 0.1) is 18.6 Å². The Bertz CT molecular complexity index is 648. The van der Waals surface area contributed by atoms with Crippen molar-refractivity contribution in [2.75, 3.05) is 0 Å². The van der Waals surface area contributed by atoms with E-state index >= 15 is 0 Å². The second-order valence-corrected chi connectivity index (χ2v) is 3.63. The van der Waals surface area contributed by atoms with E-state index in [0.29, 0.717) is 6.07 Å². The Hall–Kier alpha value is -1.85. The van der Waals surface area contributed by atoms with Crippen molar-refractivity contribution in [2.24, 2.45) is 0 Å². The van der Waals surface area contributed by atoms with E-state index in [2.05, 4.69) is 0 Å². The number of aromatic nitrogens is 1. The van der Waals surface area contributed by atoms with E-state index in [1.54, 1.807) is 0 Å². The summed E-state index contributed by atoms with van der Waals surface area (Å²) in [5.74, 6) is -1.83. The SMILES string of the molecule is Cc1cc(F)c2[nH]c(C(F)F)cc(=O)c2c1F. The maximum Gasteiger partial charge on any atom is 0.278 e. The highest BCUT2D eigenvalue weighted by Gasteiger charge is 2.17. The van der Waals surface area contributed by atoms with Crippen molar-refractivity contribution in [3.05, 3.63) is 45.2 Å². The molecule has 0 saturated heterocycles. The molecule has 2 nitrogen and oxygen atoms in total. The van der Waals surface area contributed by atoms with Gasteiger partial charge < -0.3 is 4.98 Å². The van der Waals surface area contributed by atoms with Crippen LogP contribution in [-0.2, 0) is 0 Å². The van der Waals surface area contributed by atoms with E-state index in [1.165, 1.54) is 6.92 Å². The minimum absolute atomic E-state index is 0.0507. The van der Waals surface area contributed by atoms with Crippen LogP contribution in [0.5, 0.6) is 0 Å². The van der Waals surface area contributed by atoms with Gasteiger partial charge in [-0.3, -0.25) is 4.79 Å². The molecule has 0 aliphatic heterocycles. The molecule has 17 heavy (non-hydrogen) atoms. The molecule has 6 heteroatoms. The highest BCUT2D eigenvalue weighted by Crippen LogP contribution is 2.23. The lowest BCUT2D eigenvalue weighted by Gasteiger charge is -2.06. The maximum absolute atomic E-state index is 13.6. The molecular weight excluding hydrogens is 238 g/mol. The van der Waals surface area contributed by atoms with Crippen molar-refractivity contribution in [3.63, 3.8) is 0 Å². The molecule has 0 atom stereocenters. The van der Waals surface area contributed by atoms with Crippen LogP contribution < -0.4 is 5.43 Å². The molecule has 1 N–H and O–H groups in total. The molecule has 0 saturated carbocycles. The minimum atomic E-state index is -2.95. The highest BCUT2D eigenvalue weighted by atomic mass is 19.3. The fourth-order valence-corrected chi connectivity index (χ4v) is 1.62. The number of nitrogens with one attached hydrogen (secondary N) is 1. The quantitative estimate of drug-likeness (QED) is 0.769. The Labute approximate surface area is 92.9 Å². The Balaban J connectivity index is 2.96. The van der Waals surface area contributed by atoms with Gasteiger partial charge in [-0.15, -0.1) is 0 Å². The average Bonchev–Trinajstić information content (AvgIpc) is 2.25. The minimum Gasteiger partial charge on any atom is -0.351 e. The molecule has 1 aromatic carbocycles. The zero-order chi connectivity index (χ0) is 12.7. The summed E-state index contributed by atoms with van der Waals surface area (Å²) in [4.78, 5) is 13.5. The second kappa shape index (κ2) is 3.87. The van der Waals surface area contributed by atoms with Crippen LogP contribution in [-0.4, -0.2) is 4.98 Å². The average molecular weight is 245 g/mol. The number of pyridine rings is 1. The van der Waals surface area contributed by atoms with E-state index < -0.39 is 40.1 Å². The molecule has 2 rings (SSSR count). The Kier molecular flexibility index (Phi) is 2.65. The van der Waals surface area contributed by atoms with Crippen molar-refractivity contribution in [1.29, 1.82) is 0 Å². The Morgan fingerprint density at radius 1 is 1.24 bits per heavy atom. The number of rotatable bonds is 1. The van der Waals surface area contributed by atoms with Crippen LogP contribution in [0.2, 0.25) is 0 Å². The normalized spacial score (nSPS) is 11.4. The van der Waals surface area contributed by atoms with Gasteiger partial charge in [-0.05, 0) is 18.6 Å². The van der Waals surface area contributed by atoms with Crippen LogP contribution in [0.15, 0.2) is 16.9 Å². The molecule has 0 amide bonds. The zero-order valence-corrected chi connectivity index (χ0v) is 8.65. The summed E-state index contributed by atoms with van der Waals surface area (Å²) in [6.07, 6.45) is -2.95. The molecule has 90 valence electrons. The van der Waals surface area contributed by atoms with Gasteiger partial charge in [0.25, 0.3) is 6.43 Å². The van der Waals surface area contributed by atoms with Gasteiger partial charge in [0.1, 0.15) is 11.6 Å². The number of halogens is 4. The zero-order valence-electron chi connectivity index (χ0n) is 8.65. The first kappa shape index (κ1) is 11.6. The molecule has 1 heterocycles. The first-order chi connectivity index (χ1) is 7.91. The smallest absolute Gasteiger partial charge is 0.278 e. The van der Waals surface area contributed by atoms with E-state index in [9.17, 15) is 22.4 Å². The fourth-order valence-electron chi connectivity index (χ4n) is 1.62. The number of benzene rings is 1. The summed E-state index contributed by atoms with van der Waals surface area (Å²) in [5.41, 5.74) is -2.28. The number of hydrogen-bond donors (Lipinski definition) is 1. The van der Waals surface area contributed by atoms with Crippen molar-refractivity contribution in [1.82, 2.24) is 4.98 Å². The van der Waals surface area contributed by atoms with Crippen LogP contribution >= 0.6 is 0 Å². The van der Waals surface area contributed by atoms with Crippen LogP contribution in [0.3, 0.4) is 0 Å². The second-order valence-electron chi connectivity index (χ2n) is 3.63. The summed E-state index contributed by atoms with van der Waals surface area (Å²) >= 11 is 0. The molecule has 0 aliphatic rings. The predicted octanol–water partition coefficient (Wildman–Crippen LogP) is 3.05. The lowest BCUT2D eigenvalue weighted by Crippen LogP contribution is -2.09. The predicted molar refractivity (Wildman–Crippen MR) is 54.2 cm³/mol. The maximum atomic E-state index is 13.6. The third-order valence-electron chi connectivity index (χ3n) is 2.44. The summed E-state index contributed by atoms with van der Waals surface area (Å²) < 4.78 is 51.9. The first-order valence-corrected chi connectivity index (χ1v) is 4.71. The number of aromatic amines is 1. The van der Waals surface area contributed by atoms with Crippen molar-refractivity contribution >= 4 is 10.9 Å². The van der Waals surface area contributed by atoms with Crippen molar-refractivity contribution in [3.8, 4) is 0 Å². The summed E-state index contributed by atoms with van der Waals surface area (Å²) in [6, 6.07) is 1.43. The number of fused-ring (bicyclic) bond motifs is 1. The lowest BCUT2D eigenvalue weighted by atomic mass is 10.1. The standard InChI is InChI=1S/C11H7F4NO/c1-4-2-5(12)10-8(9(4)13)7(17)3-6(16-10)11(14)15/h2-3,11H,1H3,(H,16,17). The molecular formula is C11H7F4NO. The summed E-state index contributed by atoms with van der Waals surface area (Å²) in [6.45, 7) is 1.29. The highest BCUT2D eigenvalue weighted by molar-refractivity contribution is 5.80. The Morgan fingerprint density at radius 3 is 2.47 bits per heavy atom. The summed E-state index contributed by atoms with van der Waals surface area (Å²) in [5, 5.41) is -0.535. The lowest BCUT2D eigenvalue weighted by molar-refractivity contribution is 0.146. The van der Waals surface area contributed by atoms with E-state index in [1.807, 2.05) is 4.98 Å². The molecule has 2 aromatic rings. The van der Waals surface area contributed by atoms with E-state index in [0.717, 1.165) is 6.07 Å². The van der Waals surface area contributed by atoms with Gasteiger partial charge in [0.2, 0.25) is 0 Å². The number of H-pyrrole nitrogens is 1. The third-order valence-corrected chi connectivity index (χ3v) is 2.44. The van der Waals surface area contributed by atoms with Crippen molar-refractivity contribution in [2.45, 2.75) is 13.3 Å². The number of alkyl halides is 2. The van der Waals surface area contributed by atoms with E-state index in [-0.39, 0.29) is 5.56 Å². The first-order valence-electron chi connectivity index (χ1n) is 4.71. The van der Waals surface area contributed by atoms with Gasteiger partial charge in [0.05, 0.1) is 16.6 Å². The van der Waals surface area contributed by atoms with Crippen molar-refractivity contribution < 1.29 is 17.6 Å². The van der Waals surface area contributed by atoms with Gasteiger partial charge in [0.15, 0.2) is 5.43 Å². The molecule has 0 unspecified atom stereocenters. The van der Waals surface area contributed by atoms with Gasteiger partial charge >= 0.3 is 0 Å². The largest absolute Gasteiger partial charge is 0.351 e. The molecule has 0 radical (unpaired) electrons. The monoisotopic (exact) mass is 245 g/mol. The van der Waals surface area contributed by atoms with Gasteiger partial charge in [0, 0.05) is 6.07 Å². The molecule has 0 fully saturated rings. The molecule has 0 spiro atoms. The van der Waals surface area contributed by atoms with Crippen LogP contribution in [0.25, 0.3) is 10.9 Å². The van der Waals surface area contributed by atoms with Gasteiger partial charge in [-0.1, -0.05) is 0 Å². The number of hydrogen-bond acceptors (Lipinski definition) is 1.